The van der Waals surface area contributed by atoms with E-state index in [1.807, 2.05) is 12.1 Å². The molecule has 46 heavy (non-hydrogen) atoms. The molecule has 0 spiro atoms. The van der Waals surface area contributed by atoms with Gasteiger partial charge in [-0.1, -0.05) is 65.0 Å². The lowest BCUT2D eigenvalue weighted by atomic mass is 9.92. The lowest BCUT2D eigenvalue weighted by molar-refractivity contribution is 0.0924. The van der Waals surface area contributed by atoms with Crippen molar-refractivity contribution < 1.29 is 23.5 Å². The van der Waals surface area contributed by atoms with E-state index in [1.54, 1.807) is 30.5 Å². The zero-order valence-corrected chi connectivity index (χ0v) is 27.5. The molecule has 0 radical (unpaired) electrons. The van der Waals surface area contributed by atoms with Gasteiger partial charge in [-0.25, -0.2) is 14.4 Å². The second kappa shape index (κ2) is 17.6. The van der Waals surface area contributed by atoms with Crippen LogP contribution >= 0.6 is 0 Å². The molecule has 0 bridgehead atoms. The van der Waals surface area contributed by atoms with E-state index < -0.39 is 0 Å². The topological polar surface area (TPSA) is 102 Å². The van der Waals surface area contributed by atoms with Crippen LogP contribution in [0.4, 0.5) is 4.39 Å². The maximum absolute atomic E-state index is 12.8. The SMILES string of the molecule is CC(C)(C)CCNC(=O)c1ccc(OCc2ccc(F)cc2)nc1.O=C(NC1CCCCC1)c1ccc(OCC2CCCC2)nc1. The molecule has 0 atom stereocenters. The third kappa shape index (κ3) is 12.4. The van der Waals surface area contributed by atoms with E-state index in [4.69, 9.17) is 9.47 Å². The van der Waals surface area contributed by atoms with E-state index in [1.165, 1.54) is 63.3 Å². The molecule has 2 heterocycles. The average molecular weight is 633 g/mol. The molecular weight excluding hydrogens is 583 g/mol. The third-order valence-electron chi connectivity index (χ3n) is 8.34. The first kappa shape index (κ1) is 34.9. The van der Waals surface area contributed by atoms with Gasteiger partial charge in [-0.15, -0.1) is 0 Å². The van der Waals surface area contributed by atoms with Crippen LogP contribution in [0.3, 0.4) is 0 Å². The summed E-state index contributed by atoms with van der Waals surface area (Å²) in [7, 11) is 0. The predicted octanol–water partition coefficient (Wildman–Crippen LogP) is 7.68. The van der Waals surface area contributed by atoms with Gasteiger partial charge in [-0.05, 0) is 73.3 Å². The summed E-state index contributed by atoms with van der Waals surface area (Å²) in [5.41, 5.74) is 2.16. The van der Waals surface area contributed by atoms with E-state index in [0.29, 0.717) is 48.0 Å². The molecule has 5 rings (SSSR count). The van der Waals surface area contributed by atoms with Crippen molar-refractivity contribution in [1.82, 2.24) is 20.6 Å². The Hall–Kier alpha value is -4.01. The smallest absolute Gasteiger partial charge is 0.253 e. The Morgan fingerprint density at radius 1 is 0.783 bits per heavy atom. The van der Waals surface area contributed by atoms with Crippen molar-refractivity contribution in [3.05, 3.63) is 83.4 Å². The summed E-state index contributed by atoms with van der Waals surface area (Å²) in [6, 6.07) is 13.4. The van der Waals surface area contributed by atoms with Gasteiger partial charge in [0.1, 0.15) is 12.4 Å². The van der Waals surface area contributed by atoms with Gasteiger partial charge in [-0.3, -0.25) is 9.59 Å². The molecule has 0 unspecified atom stereocenters. The summed E-state index contributed by atoms with van der Waals surface area (Å²) >= 11 is 0. The lowest BCUT2D eigenvalue weighted by Gasteiger charge is -2.22. The van der Waals surface area contributed by atoms with E-state index in [9.17, 15) is 14.0 Å². The van der Waals surface area contributed by atoms with Crippen molar-refractivity contribution in [2.75, 3.05) is 13.2 Å². The van der Waals surface area contributed by atoms with Crippen molar-refractivity contribution in [3.8, 4) is 11.8 Å². The highest BCUT2D eigenvalue weighted by atomic mass is 19.1. The maximum atomic E-state index is 12.8. The van der Waals surface area contributed by atoms with Crippen LogP contribution in [0, 0.1) is 17.2 Å². The molecule has 1 aromatic carbocycles. The second-order valence-corrected chi connectivity index (χ2v) is 13.5. The zero-order valence-electron chi connectivity index (χ0n) is 27.5. The first-order valence-corrected chi connectivity index (χ1v) is 16.7. The Bertz CT molecular complexity index is 1350. The molecule has 0 aliphatic heterocycles. The van der Waals surface area contributed by atoms with E-state index in [-0.39, 0.29) is 23.0 Å². The lowest BCUT2D eigenvalue weighted by Crippen LogP contribution is -2.36. The number of hydrogen-bond acceptors (Lipinski definition) is 6. The van der Waals surface area contributed by atoms with Gasteiger partial charge in [-0.2, -0.15) is 0 Å². The molecule has 2 aliphatic rings. The minimum atomic E-state index is -0.279. The first-order chi connectivity index (χ1) is 22.1. The molecular formula is C37H49FN4O4. The fraction of sp³-hybridized carbons (Fsp3) is 0.514. The molecule has 248 valence electrons. The van der Waals surface area contributed by atoms with Gasteiger partial charge in [0.2, 0.25) is 11.8 Å². The second-order valence-electron chi connectivity index (χ2n) is 13.5. The monoisotopic (exact) mass is 632 g/mol. The fourth-order valence-corrected chi connectivity index (χ4v) is 5.49. The summed E-state index contributed by atoms with van der Waals surface area (Å²) in [5.74, 6) is 1.29. The standard InChI is InChI=1S/C19H23FN2O2.C18H26N2O2/c1-19(2,3)10-11-21-18(23)15-6-9-17(22-12-15)24-13-14-4-7-16(20)8-5-14;21-18(20-16-8-2-1-3-9-16)15-10-11-17(19-12-15)22-13-14-6-4-5-7-14/h4-9,12H,10-11,13H2,1-3H3,(H,21,23);10-12,14,16H,1-9,13H2,(H,20,21). The quantitative estimate of drug-likeness (QED) is 0.225. The van der Waals surface area contributed by atoms with Gasteiger partial charge >= 0.3 is 0 Å². The Kier molecular flexibility index (Phi) is 13.4. The fourth-order valence-electron chi connectivity index (χ4n) is 5.49. The normalized spacial score (nSPS) is 15.4. The van der Waals surface area contributed by atoms with Crippen molar-refractivity contribution in [1.29, 1.82) is 0 Å². The predicted molar refractivity (Wildman–Crippen MR) is 177 cm³/mol. The highest BCUT2D eigenvalue weighted by Gasteiger charge is 2.18. The van der Waals surface area contributed by atoms with Crippen LogP contribution < -0.4 is 20.1 Å². The maximum Gasteiger partial charge on any atom is 0.253 e. The number of aromatic nitrogens is 2. The summed E-state index contributed by atoms with van der Waals surface area (Å²) in [4.78, 5) is 32.6. The molecule has 9 heteroatoms. The minimum absolute atomic E-state index is 0.0123. The number of hydrogen-bond donors (Lipinski definition) is 2. The van der Waals surface area contributed by atoms with E-state index >= 15 is 0 Å². The van der Waals surface area contributed by atoms with Crippen LogP contribution in [0.1, 0.15) is 111 Å². The number of benzene rings is 1. The number of carbonyl (C=O) groups excluding carboxylic acids is 2. The van der Waals surface area contributed by atoms with Gasteiger partial charge < -0.3 is 20.1 Å². The Labute approximate surface area is 272 Å². The van der Waals surface area contributed by atoms with Gasteiger partial charge in [0.25, 0.3) is 11.8 Å². The van der Waals surface area contributed by atoms with Crippen LogP contribution in [0.5, 0.6) is 11.8 Å². The first-order valence-electron chi connectivity index (χ1n) is 16.7. The van der Waals surface area contributed by atoms with Crippen molar-refractivity contribution in [3.63, 3.8) is 0 Å². The van der Waals surface area contributed by atoms with Crippen LogP contribution in [-0.4, -0.2) is 41.0 Å². The summed E-state index contributed by atoms with van der Waals surface area (Å²) in [5, 5.41) is 5.99. The largest absolute Gasteiger partial charge is 0.477 e. The van der Waals surface area contributed by atoms with Crippen LogP contribution in [0.25, 0.3) is 0 Å². The number of ether oxygens (including phenoxy) is 2. The van der Waals surface area contributed by atoms with Gasteiger partial charge in [0.05, 0.1) is 17.7 Å². The number of rotatable bonds is 11. The zero-order chi connectivity index (χ0) is 32.8. The average Bonchev–Trinajstić information content (AvgIpc) is 3.58. The molecule has 0 saturated heterocycles. The summed E-state index contributed by atoms with van der Waals surface area (Å²) in [6.45, 7) is 8.08. The van der Waals surface area contributed by atoms with Crippen LogP contribution in [-0.2, 0) is 6.61 Å². The van der Waals surface area contributed by atoms with Crippen molar-refractivity contribution >= 4 is 11.8 Å². The van der Waals surface area contributed by atoms with E-state index in [0.717, 1.165) is 31.4 Å². The number of pyridine rings is 2. The molecule has 2 saturated carbocycles. The molecule has 3 aromatic rings. The summed E-state index contributed by atoms with van der Waals surface area (Å²) in [6.07, 6.45) is 15.1. The molecule has 2 amide bonds. The molecule has 2 aromatic heterocycles. The van der Waals surface area contributed by atoms with Crippen LogP contribution in [0.15, 0.2) is 60.9 Å². The van der Waals surface area contributed by atoms with Crippen molar-refractivity contribution in [2.45, 2.75) is 97.6 Å². The number of nitrogens with one attached hydrogen (secondary N) is 2. The molecule has 8 nitrogen and oxygen atoms in total. The molecule has 2 aliphatic carbocycles. The number of nitrogens with zero attached hydrogens (tertiary/aromatic N) is 2. The Balaban J connectivity index is 0.000000209. The van der Waals surface area contributed by atoms with Gasteiger partial charge in [0.15, 0.2) is 0 Å². The minimum Gasteiger partial charge on any atom is -0.477 e. The Morgan fingerprint density at radius 2 is 1.37 bits per heavy atom. The number of amides is 2. The highest BCUT2D eigenvalue weighted by molar-refractivity contribution is 5.94. The van der Waals surface area contributed by atoms with Gasteiger partial charge in [0, 0.05) is 37.1 Å². The number of halogens is 1. The molecule has 2 fully saturated rings. The molecule has 2 N–H and O–H groups in total. The Morgan fingerprint density at radius 3 is 1.96 bits per heavy atom. The third-order valence-corrected chi connectivity index (χ3v) is 8.34. The van der Waals surface area contributed by atoms with Crippen molar-refractivity contribution in [2.24, 2.45) is 11.3 Å². The summed E-state index contributed by atoms with van der Waals surface area (Å²) < 4.78 is 24.1. The van der Waals surface area contributed by atoms with Crippen LogP contribution in [0.2, 0.25) is 0 Å². The van der Waals surface area contributed by atoms with E-state index in [2.05, 4.69) is 41.4 Å². The highest BCUT2D eigenvalue weighted by Crippen LogP contribution is 2.25. The number of carbonyl (C=O) groups is 2.